The van der Waals surface area contributed by atoms with Gasteiger partial charge in [-0.25, -0.2) is 0 Å². The molecule has 0 bridgehead atoms. The molecule has 1 aliphatic heterocycles. The van der Waals surface area contributed by atoms with Crippen molar-refractivity contribution >= 4 is 11.6 Å². The van der Waals surface area contributed by atoms with Gasteiger partial charge in [-0.15, -0.1) is 0 Å². The number of anilines is 1. The van der Waals surface area contributed by atoms with Gasteiger partial charge in [-0.2, -0.15) is 0 Å². The first-order valence-electron chi connectivity index (χ1n) is 9.89. The lowest BCUT2D eigenvalue weighted by Gasteiger charge is -2.42. The minimum Gasteiger partial charge on any atom is -0.309 e. The van der Waals surface area contributed by atoms with E-state index in [2.05, 4.69) is 56.1 Å². The molecule has 0 radical (unpaired) electrons. The summed E-state index contributed by atoms with van der Waals surface area (Å²) in [5.41, 5.74) is 4.34. The molecule has 0 N–H and O–H groups in total. The summed E-state index contributed by atoms with van der Waals surface area (Å²) in [5, 5.41) is 0. The molecule has 2 aromatic rings. The van der Waals surface area contributed by atoms with E-state index in [9.17, 15) is 4.79 Å². The summed E-state index contributed by atoms with van der Waals surface area (Å²) in [6.45, 7) is 8.05. The number of aryl methyl sites for hydroxylation is 1. The molecular formula is C23H29N3O. The number of rotatable bonds is 4. The third-order valence-corrected chi connectivity index (χ3v) is 6.13. The van der Waals surface area contributed by atoms with Gasteiger partial charge in [0.15, 0.2) is 0 Å². The van der Waals surface area contributed by atoms with Crippen LogP contribution < -0.4 is 4.90 Å². The maximum absolute atomic E-state index is 13.2. The number of pyridine rings is 1. The van der Waals surface area contributed by atoms with Gasteiger partial charge in [-0.3, -0.25) is 14.7 Å². The highest BCUT2D eigenvalue weighted by Gasteiger charge is 2.45. The van der Waals surface area contributed by atoms with Crippen molar-refractivity contribution in [1.29, 1.82) is 0 Å². The highest BCUT2D eigenvalue weighted by molar-refractivity contribution is 5.98. The molecule has 4 heteroatoms. The molecule has 2 aliphatic rings. The van der Waals surface area contributed by atoms with Crippen molar-refractivity contribution in [3.63, 3.8) is 0 Å². The smallest absolute Gasteiger partial charge is 0.230 e. The topological polar surface area (TPSA) is 36.4 Å². The first-order valence-corrected chi connectivity index (χ1v) is 9.89. The first kappa shape index (κ1) is 18.2. The quantitative estimate of drug-likeness (QED) is 0.826. The molecule has 1 fully saturated rings. The van der Waals surface area contributed by atoms with Crippen molar-refractivity contribution in [3.8, 4) is 0 Å². The molecule has 1 aromatic carbocycles. The highest BCUT2D eigenvalue weighted by atomic mass is 16.2. The first-order chi connectivity index (χ1) is 12.8. The Morgan fingerprint density at radius 1 is 1.19 bits per heavy atom. The average molecular weight is 364 g/mol. The summed E-state index contributed by atoms with van der Waals surface area (Å²) in [5.74, 6) is 0.410. The van der Waals surface area contributed by atoms with Crippen molar-refractivity contribution in [2.24, 2.45) is 5.92 Å². The monoisotopic (exact) mass is 363 g/mol. The molecule has 4 rings (SSSR count). The second-order valence-electron chi connectivity index (χ2n) is 8.85. The predicted octanol–water partition coefficient (Wildman–Crippen LogP) is 3.92. The summed E-state index contributed by atoms with van der Waals surface area (Å²) in [4.78, 5) is 22.3. The zero-order valence-electron chi connectivity index (χ0n) is 16.8. The van der Waals surface area contributed by atoms with E-state index in [0.29, 0.717) is 6.04 Å². The Labute approximate surface area is 162 Å². The van der Waals surface area contributed by atoms with E-state index < -0.39 is 0 Å². The zero-order chi connectivity index (χ0) is 19.2. The van der Waals surface area contributed by atoms with Gasteiger partial charge in [-0.1, -0.05) is 44.2 Å². The number of hydrogen-bond acceptors (Lipinski definition) is 3. The van der Waals surface area contributed by atoms with Gasteiger partial charge >= 0.3 is 0 Å². The van der Waals surface area contributed by atoms with Crippen LogP contribution in [0.15, 0.2) is 42.5 Å². The maximum atomic E-state index is 13.2. The number of benzene rings is 1. The van der Waals surface area contributed by atoms with E-state index in [-0.39, 0.29) is 17.2 Å². The van der Waals surface area contributed by atoms with Gasteiger partial charge in [0, 0.05) is 36.2 Å². The lowest BCUT2D eigenvalue weighted by molar-refractivity contribution is -0.127. The third-order valence-electron chi connectivity index (χ3n) is 6.13. The Bertz CT molecular complexity index is 840. The van der Waals surface area contributed by atoms with E-state index in [4.69, 9.17) is 4.98 Å². The van der Waals surface area contributed by atoms with Crippen molar-refractivity contribution in [2.45, 2.75) is 51.6 Å². The molecule has 27 heavy (non-hydrogen) atoms. The molecule has 1 aliphatic carbocycles. The van der Waals surface area contributed by atoms with Crippen molar-refractivity contribution in [3.05, 3.63) is 59.4 Å². The van der Waals surface area contributed by atoms with Crippen molar-refractivity contribution < 1.29 is 4.79 Å². The fraction of sp³-hybridized carbons (Fsp3) is 0.478. The molecule has 4 nitrogen and oxygen atoms in total. The Hall–Kier alpha value is -2.20. The Kier molecular flexibility index (Phi) is 4.55. The van der Waals surface area contributed by atoms with E-state index in [1.165, 1.54) is 5.56 Å². The van der Waals surface area contributed by atoms with Crippen LogP contribution in [0.2, 0.25) is 0 Å². The number of hydrogen-bond donors (Lipinski definition) is 0. The SMILES string of the molecule is Cc1ccc2c(n1)C(C)(C)CN2C(=O)[C@H]1C[C@@H](N(C)Cc2ccccc2)C1. The molecule has 0 spiro atoms. The number of aromatic nitrogens is 1. The summed E-state index contributed by atoms with van der Waals surface area (Å²) < 4.78 is 0. The molecule has 2 heterocycles. The third kappa shape index (κ3) is 3.39. The normalized spacial score (nSPS) is 23.2. The van der Waals surface area contributed by atoms with E-state index in [1.807, 2.05) is 24.0 Å². The van der Waals surface area contributed by atoms with E-state index in [0.717, 1.165) is 43.0 Å². The average Bonchev–Trinajstić information content (AvgIpc) is 2.85. The molecule has 0 saturated heterocycles. The number of nitrogens with zero attached hydrogens (tertiary/aromatic N) is 3. The van der Waals surface area contributed by atoms with Gasteiger partial charge in [0.25, 0.3) is 0 Å². The van der Waals surface area contributed by atoms with Gasteiger partial charge < -0.3 is 4.90 Å². The van der Waals surface area contributed by atoms with Crippen molar-refractivity contribution in [1.82, 2.24) is 9.88 Å². The molecule has 1 amide bonds. The molecule has 0 atom stereocenters. The fourth-order valence-electron chi connectivity index (χ4n) is 4.39. The maximum Gasteiger partial charge on any atom is 0.230 e. The Balaban J connectivity index is 1.40. The standard InChI is InChI=1S/C23H29N3O/c1-16-10-11-20-21(24-16)23(2,3)15-26(20)22(27)18-12-19(13-18)25(4)14-17-8-6-5-7-9-17/h5-11,18-19H,12-15H2,1-4H3/t18-,19+. The van der Waals surface area contributed by atoms with E-state index in [1.54, 1.807) is 0 Å². The van der Waals surface area contributed by atoms with Crippen LogP contribution in [-0.2, 0) is 16.8 Å². The van der Waals surface area contributed by atoms with Crippen LogP contribution in [0.25, 0.3) is 0 Å². The second kappa shape index (κ2) is 6.75. The molecular weight excluding hydrogens is 334 g/mol. The van der Waals surface area contributed by atoms with Crippen LogP contribution in [0.5, 0.6) is 0 Å². The number of amides is 1. The molecule has 142 valence electrons. The summed E-state index contributed by atoms with van der Waals surface area (Å²) in [6, 6.07) is 15.1. The summed E-state index contributed by atoms with van der Waals surface area (Å²) >= 11 is 0. The minimum absolute atomic E-state index is 0.0791. The van der Waals surface area contributed by atoms with Crippen LogP contribution in [-0.4, -0.2) is 35.4 Å². The van der Waals surface area contributed by atoms with Gasteiger partial charge in [-0.05, 0) is 44.5 Å². The van der Waals surface area contributed by atoms with Gasteiger partial charge in [0.05, 0.1) is 11.4 Å². The van der Waals surface area contributed by atoms with Crippen LogP contribution in [0.3, 0.4) is 0 Å². The van der Waals surface area contributed by atoms with E-state index >= 15 is 0 Å². The van der Waals surface area contributed by atoms with Crippen molar-refractivity contribution in [2.75, 3.05) is 18.5 Å². The second-order valence-corrected chi connectivity index (χ2v) is 8.85. The van der Waals surface area contributed by atoms with Crippen LogP contribution >= 0.6 is 0 Å². The van der Waals surface area contributed by atoms with Crippen LogP contribution in [0.1, 0.15) is 43.6 Å². The minimum atomic E-state index is -0.0791. The van der Waals surface area contributed by atoms with Crippen LogP contribution in [0.4, 0.5) is 5.69 Å². The number of carbonyl (C=O) groups is 1. The molecule has 0 unspecified atom stereocenters. The molecule has 1 aromatic heterocycles. The highest BCUT2D eigenvalue weighted by Crippen LogP contribution is 2.42. The summed E-state index contributed by atoms with van der Waals surface area (Å²) in [7, 11) is 2.17. The molecule has 1 saturated carbocycles. The Morgan fingerprint density at radius 2 is 1.89 bits per heavy atom. The predicted molar refractivity (Wildman–Crippen MR) is 109 cm³/mol. The largest absolute Gasteiger partial charge is 0.309 e. The number of carbonyl (C=O) groups excluding carboxylic acids is 1. The lowest BCUT2D eigenvalue weighted by atomic mass is 9.78. The number of fused-ring (bicyclic) bond motifs is 1. The van der Waals surface area contributed by atoms with Crippen LogP contribution in [0, 0.1) is 12.8 Å². The lowest BCUT2D eigenvalue weighted by Crippen LogP contribution is -2.49. The van der Waals surface area contributed by atoms with Gasteiger partial charge in [0.1, 0.15) is 0 Å². The van der Waals surface area contributed by atoms with Gasteiger partial charge in [0.2, 0.25) is 5.91 Å². The summed E-state index contributed by atoms with van der Waals surface area (Å²) in [6.07, 6.45) is 1.90. The fourth-order valence-corrected chi connectivity index (χ4v) is 4.39. The Morgan fingerprint density at radius 3 is 2.59 bits per heavy atom. The zero-order valence-corrected chi connectivity index (χ0v) is 16.8.